The van der Waals surface area contributed by atoms with Gasteiger partial charge in [-0.15, -0.1) is 0 Å². The fraction of sp³-hybridized carbons (Fsp3) is 0.280. The number of halogens is 2. The van der Waals surface area contributed by atoms with Crippen molar-refractivity contribution in [3.8, 4) is 11.3 Å². The highest BCUT2D eigenvalue weighted by Gasteiger charge is 2.25. The van der Waals surface area contributed by atoms with Gasteiger partial charge >= 0.3 is 0 Å². The molecule has 1 N–H and O–H groups in total. The van der Waals surface area contributed by atoms with E-state index in [4.69, 9.17) is 27.6 Å². The van der Waals surface area contributed by atoms with Gasteiger partial charge in [0.15, 0.2) is 0 Å². The van der Waals surface area contributed by atoms with Crippen LogP contribution >= 0.6 is 23.2 Å². The summed E-state index contributed by atoms with van der Waals surface area (Å²) in [5, 5.41) is 3.71. The summed E-state index contributed by atoms with van der Waals surface area (Å²) in [5.74, 6) is 1.60. The number of nitrogens with zero attached hydrogens (tertiary/aromatic N) is 1. The number of furan rings is 1. The molecular formula is C25H24Cl2N2O3. The van der Waals surface area contributed by atoms with Crippen LogP contribution in [0.1, 0.15) is 47.9 Å². The zero-order chi connectivity index (χ0) is 22.7. The lowest BCUT2D eigenvalue weighted by atomic mass is 10.1. The average molecular weight is 471 g/mol. The maximum atomic E-state index is 12.9. The second-order valence-corrected chi connectivity index (χ2v) is 8.71. The summed E-state index contributed by atoms with van der Waals surface area (Å²) in [6.07, 6.45) is 3.05. The second-order valence-electron chi connectivity index (χ2n) is 7.89. The van der Waals surface area contributed by atoms with Gasteiger partial charge in [-0.05, 0) is 55.0 Å². The van der Waals surface area contributed by atoms with Crippen LogP contribution in [0.25, 0.3) is 11.3 Å². The number of benzene rings is 2. The second kappa shape index (κ2) is 9.80. The van der Waals surface area contributed by atoms with Crippen LogP contribution in [0.15, 0.2) is 52.9 Å². The van der Waals surface area contributed by atoms with E-state index in [1.807, 2.05) is 30.3 Å². The molecule has 0 saturated heterocycles. The lowest BCUT2D eigenvalue weighted by Gasteiger charge is -2.26. The molecule has 5 nitrogen and oxygen atoms in total. The molecule has 0 bridgehead atoms. The minimum Gasteiger partial charge on any atom is -0.461 e. The molecule has 4 rings (SSSR count). The molecule has 2 heterocycles. The van der Waals surface area contributed by atoms with E-state index in [-0.39, 0.29) is 11.8 Å². The van der Waals surface area contributed by atoms with Crippen molar-refractivity contribution in [3.63, 3.8) is 0 Å². The molecule has 0 saturated carbocycles. The van der Waals surface area contributed by atoms with Gasteiger partial charge in [-0.3, -0.25) is 9.59 Å². The van der Waals surface area contributed by atoms with E-state index in [9.17, 15) is 9.59 Å². The van der Waals surface area contributed by atoms with Crippen LogP contribution in [0, 0.1) is 0 Å². The van der Waals surface area contributed by atoms with Crippen molar-refractivity contribution >= 4 is 40.7 Å². The molecule has 0 spiro atoms. The molecule has 0 radical (unpaired) electrons. The minimum absolute atomic E-state index is 0.0276. The molecule has 1 aliphatic rings. The molecule has 166 valence electrons. The first-order valence-electron chi connectivity index (χ1n) is 10.7. The highest BCUT2D eigenvalue weighted by molar-refractivity contribution is 6.42. The van der Waals surface area contributed by atoms with Gasteiger partial charge in [0, 0.05) is 48.3 Å². The summed E-state index contributed by atoms with van der Waals surface area (Å²) in [4.78, 5) is 26.6. The van der Waals surface area contributed by atoms with E-state index in [0.717, 1.165) is 41.2 Å². The number of hydrogen-bond acceptors (Lipinski definition) is 3. The fourth-order valence-electron chi connectivity index (χ4n) is 3.74. The topological polar surface area (TPSA) is 62.6 Å². The van der Waals surface area contributed by atoms with Crippen LogP contribution < -0.4 is 5.32 Å². The third kappa shape index (κ3) is 5.00. The Bertz CT molecular complexity index is 1140. The standard InChI is InChI=1S/C25H24Cl2N2O3/c1-2-3-4-24(30)28-19-8-5-16(6-9-19)23-14-18-15-29(12-11-22(18)32-23)25(31)17-7-10-20(26)21(27)13-17/h5-10,13-14H,2-4,11-12,15H2,1H3,(H,28,30). The van der Waals surface area contributed by atoms with Crippen molar-refractivity contribution in [1.82, 2.24) is 4.90 Å². The van der Waals surface area contributed by atoms with Crippen molar-refractivity contribution < 1.29 is 14.0 Å². The number of amides is 2. The van der Waals surface area contributed by atoms with E-state index in [1.54, 1.807) is 23.1 Å². The highest BCUT2D eigenvalue weighted by atomic mass is 35.5. The molecule has 2 amide bonds. The van der Waals surface area contributed by atoms with Gasteiger partial charge in [0.05, 0.1) is 10.0 Å². The van der Waals surface area contributed by atoms with Gasteiger partial charge < -0.3 is 14.6 Å². The SMILES string of the molecule is CCCCC(=O)Nc1ccc(-c2cc3c(o2)CCN(C(=O)c2ccc(Cl)c(Cl)c2)C3)cc1. The number of nitrogens with one attached hydrogen (secondary N) is 1. The van der Waals surface area contributed by atoms with Gasteiger partial charge in [-0.25, -0.2) is 0 Å². The number of rotatable bonds is 6. The van der Waals surface area contributed by atoms with Gasteiger partial charge in [-0.2, -0.15) is 0 Å². The van der Waals surface area contributed by atoms with Gasteiger partial charge in [0.1, 0.15) is 11.5 Å². The molecule has 0 atom stereocenters. The van der Waals surface area contributed by atoms with Crippen molar-refractivity contribution in [2.45, 2.75) is 39.2 Å². The molecule has 7 heteroatoms. The van der Waals surface area contributed by atoms with Gasteiger partial charge in [-0.1, -0.05) is 36.5 Å². The van der Waals surface area contributed by atoms with Crippen LogP contribution in [0.5, 0.6) is 0 Å². The van der Waals surface area contributed by atoms with Gasteiger partial charge in [0.2, 0.25) is 5.91 Å². The van der Waals surface area contributed by atoms with E-state index < -0.39 is 0 Å². The van der Waals surface area contributed by atoms with Crippen LogP contribution in [-0.4, -0.2) is 23.3 Å². The number of anilines is 1. The summed E-state index contributed by atoms with van der Waals surface area (Å²) in [5.41, 5.74) is 3.21. The quantitative estimate of drug-likeness (QED) is 0.442. The number of carbonyl (C=O) groups excluding carboxylic acids is 2. The van der Waals surface area contributed by atoms with E-state index >= 15 is 0 Å². The third-order valence-electron chi connectivity index (χ3n) is 5.53. The van der Waals surface area contributed by atoms with Crippen LogP contribution in [-0.2, 0) is 17.8 Å². The molecule has 2 aromatic carbocycles. The van der Waals surface area contributed by atoms with Crippen LogP contribution in [0.3, 0.4) is 0 Å². The van der Waals surface area contributed by atoms with Crippen molar-refractivity contribution in [2.24, 2.45) is 0 Å². The van der Waals surface area contributed by atoms with E-state index in [2.05, 4.69) is 12.2 Å². The monoisotopic (exact) mass is 470 g/mol. The molecule has 3 aromatic rings. The summed E-state index contributed by atoms with van der Waals surface area (Å²) in [6.45, 7) is 3.11. The molecular weight excluding hydrogens is 447 g/mol. The largest absolute Gasteiger partial charge is 0.461 e. The average Bonchev–Trinajstić information content (AvgIpc) is 3.23. The predicted molar refractivity (Wildman–Crippen MR) is 127 cm³/mol. The normalized spacial score (nSPS) is 13.0. The Hall–Kier alpha value is -2.76. The smallest absolute Gasteiger partial charge is 0.254 e. The fourth-order valence-corrected chi connectivity index (χ4v) is 4.04. The van der Waals surface area contributed by atoms with Gasteiger partial charge in [0.25, 0.3) is 5.91 Å². The molecule has 1 aromatic heterocycles. The summed E-state index contributed by atoms with van der Waals surface area (Å²) in [7, 11) is 0. The Morgan fingerprint density at radius 2 is 1.84 bits per heavy atom. The van der Waals surface area contributed by atoms with E-state index in [0.29, 0.717) is 41.5 Å². The highest BCUT2D eigenvalue weighted by Crippen LogP contribution is 2.31. The number of carbonyl (C=O) groups is 2. The molecule has 1 aliphatic heterocycles. The van der Waals surface area contributed by atoms with Crippen LogP contribution in [0.4, 0.5) is 5.69 Å². The van der Waals surface area contributed by atoms with Crippen molar-refractivity contribution in [2.75, 3.05) is 11.9 Å². The van der Waals surface area contributed by atoms with Crippen molar-refractivity contribution in [1.29, 1.82) is 0 Å². The van der Waals surface area contributed by atoms with Crippen molar-refractivity contribution in [3.05, 3.63) is 75.5 Å². The molecule has 0 aliphatic carbocycles. The maximum Gasteiger partial charge on any atom is 0.254 e. The van der Waals surface area contributed by atoms with Crippen LogP contribution in [0.2, 0.25) is 10.0 Å². The Kier molecular flexibility index (Phi) is 6.87. The number of fused-ring (bicyclic) bond motifs is 1. The number of hydrogen-bond donors (Lipinski definition) is 1. The third-order valence-corrected chi connectivity index (χ3v) is 6.27. The number of unbranched alkanes of at least 4 members (excludes halogenated alkanes) is 1. The predicted octanol–water partition coefficient (Wildman–Crippen LogP) is 6.58. The molecule has 0 fully saturated rings. The maximum absolute atomic E-state index is 12.9. The lowest BCUT2D eigenvalue weighted by Crippen LogP contribution is -2.35. The minimum atomic E-state index is -0.0832. The Morgan fingerprint density at radius 1 is 1.06 bits per heavy atom. The lowest BCUT2D eigenvalue weighted by molar-refractivity contribution is -0.116. The first kappa shape index (κ1) is 22.4. The zero-order valence-electron chi connectivity index (χ0n) is 17.8. The zero-order valence-corrected chi connectivity index (χ0v) is 19.3. The molecule has 0 unspecified atom stereocenters. The van der Waals surface area contributed by atoms with E-state index in [1.165, 1.54) is 0 Å². The summed E-state index contributed by atoms with van der Waals surface area (Å²) >= 11 is 12.0. The summed E-state index contributed by atoms with van der Waals surface area (Å²) < 4.78 is 6.07. The molecule has 32 heavy (non-hydrogen) atoms. The Morgan fingerprint density at radius 3 is 2.56 bits per heavy atom. The first-order valence-corrected chi connectivity index (χ1v) is 11.5. The Balaban J connectivity index is 1.44. The Labute approximate surface area is 197 Å². The first-order chi connectivity index (χ1) is 15.4. The summed E-state index contributed by atoms with van der Waals surface area (Å²) in [6, 6.07) is 14.5.